The summed E-state index contributed by atoms with van der Waals surface area (Å²) in [5.41, 5.74) is 2.18. The lowest BCUT2D eigenvalue weighted by molar-refractivity contribution is 0.102. The molecule has 0 saturated heterocycles. The van der Waals surface area contributed by atoms with Gasteiger partial charge >= 0.3 is 0 Å². The Bertz CT molecular complexity index is 585. The molecule has 0 bridgehead atoms. The van der Waals surface area contributed by atoms with Crippen molar-refractivity contribution in [3.8, 4) is 0 Å². The first-order valence-corrected chi connectivity index (χ1v) is 6.00. The maximum Gasteiger partial charge on any atom is 0.259 e. The summed E-state index contributed by atoms with van der Waals surface area (Å²) in [5.74, 6) is 1.24. The van der Waals surface area contributed by atoms with Crippen LogP contribution in [-0.4, -0.2) is 5.91 Å². The number of furan rings is 1. The van der Waals surface area contributed by atoms with E-state index in [0.29, 0.717) is 22.0 Å². The molecule has 0 aliphatic heterocycles. The molecule has 0 atom stereocenters. The lowest BCUT2D eigenvalue weighted by atomic mass is 10.1. The van der Waals surface area contributed by atoms with Crippen molar-refractivity contribution in [2.45, 2.75) is 20.8 Å². The molecule has 1 amide bonds. The number of hydrogen-bond acceptors (Lipinski definition) is 2. The second-order valence-corrected chi connectivity index (χ2v) is 4.61. The zero-order valence-corrected chi connectivity index (χ0v) is 11.3. The monoisotopic (exact) mass is 263 g/mol. The molecule has 0 fully saturated rings. The van der Waals surface area contributed by atoms with E-state index in [1.807, 2.05) is 13.8 Å². The quantitative estimate of drug-likeness (QED) is 0.886. The zero-order valence-electron chi connectivity index (χ0n) is 10.5. The van der Waals surface area contributed by atoms with Gasteiger partial charge in [-0.1, -0.05) is 11.6 Å². The van der Waals surface area contributed by atoms with Gasteiger partial charge in [0.2, 0.25) is 0 Å². The number of amides is 1. The van der Waals surface area contributed by atoms with Crippen LogP contribution in [0.15, 0.2) is 28.7 Å². The van der Waals surface area contributed by atoms with Gasteiger partial charge in [0.05, 0.1) is 5.56 Å². The third-order valence-electron chi connectivity index (χ3n) is 2.89. The van der Waals surface area contributed by atoms with Gasteiger partial charge in [0.15, 0.2) is 0 Å². The summed E-state index contributed by atoms with van der Waals surface area (Å²) < 4.78 is 5.44. The first-order chi connectivity index (χ1) is 8.49. The Morgan fingerprint density at radius 3 is 2.22 bits per heavy atom. The van der Waals surface area contributed by atoms with Crippen LogP contribution in [0.4, 0.5) is 5.69 Å². The van der Waals surface area contributed by atoms with Crippen LogP contribution in [0.1, 0.15) is 27.4 Å². The first-order valence-electron chi connectivity index (χ1n) is 5.62. The minimum Gasteiger partial charge on any atom is -0.466 e. The summed E-state index contributed by atoms with van der Waals surface area (Å²) >= 11 is 5.79. The van der Waals surface area contributed by atoms with Crippen molar-refractivity contribution in [3.05, 3.63) is 51.9 Å². The molecule has 1 aromatic carbocycles. The Balaban J connectivity index is 2.24. The van der Waals surface area contributed by atoms with Crippen LogP contribution in [0.2, 0.25) is 5.02 Å². The molecule has 3 nitrogen and oxygen atoms in total. The van der Waals surface area contributed by atoms with Crippen LogP contribution in [-0.2, 0) is 0 Å². The number of carbonyl (C=O) groups is 1. The van der Waals surface area contributed by atoms with Crippen LogP contribution in [0.25, 0.3) is 0 Å². The van der Waals surface area contributed by atoms with E-state index in [9.17, 15) is 4.79 Å². The van der Waals surface area contributed by atoms with Gasteiger partial charge in [0, 0.05) is 16.3 Å². The topological polar surface area (TPSA) is 42.2 Å². The molecule has 0 radical (unpaired) electrons. The normalized spacial score (nSPS) is 10.4. The van der Waals surface area contributed by atoms with Gasteiger partial charge in [-0.3, -0.25) is 4.79 Å². The van der Waals surface area contributed by atoms with Gasteiger partial charge < -0.3 is 9.73 Å². The number of halogens is 1. The molecule has 0 unspecified atom stereocenters. The van der Waals surface area contributed by atoms with Crippen LogP contribution in [0, 0.1) is 20.8 Å². The zero-order chi connectivity index (χ0) is 13.3. The van der Waals surface area contributed by atoms with Gasteiger partial charge in [0.1, 0.15) is 11.5 Å². The summed E-state index contributed by atoms with van der Waals surface area (Å²) in [6.07, 6.45) is 0. The van der Waals surface area contributed by atoms with E-state index >= 15 is 0 Å². The number of anilines is 1. The predicted molar refractivity (Wildman–Crippen MR) is 72.3 cm³/mol. The van der Waals surface area contributed by atoms with Gasteiger partial charge in [-0.25, -0.2) is 0 Å². The summed E-state index contributed by atoms with van der Waals surface area (Å²) in [6.45, 7) is 5.51. The minimum absolute atomic E-state index is 0.163. The highest BCUT2D eigenvalue weighted by Crippen LogP contribution is 2.22. The molecule has 0 spiro atoms. The molecule has 18 heavy (non-hydrogen) atoms. The molecular weight excluding hydrogens is 250 g/mol. The number of benzene rings is 1. The summed E-state index contributed by atoms with van der Waals surface area (Å²) in [5, 5.41) is 3.46. The van der Waals surface area contributed by atoms with E-state index in [1.54, 1.807) is 31.2 Å². The van der Waals surface area contributed by atoms with Crippen LogP contribution < -0.4 is 5.32 Å². The second-order valence-electron chi connectivity index (χ2n) is 4.18. The molecule has 4 heteroatoms. The standard InChI is InChI=1S/C14H14ClNO2/c1-8-9(2)18-10(3)13(8)14(17)16-12-6-4-11(15)5-7-12/h4-7H,1-3H3,(H,16,17). The molecule has 0 saturated carbocycles. The van der Waals surface area contributed by atoms with Crippen molar-refractivity contribution >= 4 is 23.2 Å². The Kier molecular flexibility index (Phi) is 3.43. The molecule has 1 aromatic heterocycles. The van der Waals surface area contributed by atoms with E-state index in [1.165, 1.54) is 0 Å². The number of nitrogens with one attached hydrogen (secondary N) is 1. The van der Waals surface area contributed by atoms with E-state index in [4.69, 9.17) is 16.0 Å². The lowest BCUT2D eigenvalue weighted by Gasteiger charge is -2.05. The highest BCUT2D eigenvalue weighted by molar-refractivity contribution is 6.30. The maximum absolute atomic E-state index is 12.1. The SMILES string of the molecule is Cc1oc(C)c(C(=O)Nc2ccc(Cl)cc2)c1C. The lowest BCUT2D eigenvalue weighted by Crippen LogP contribution is -2.13. The largest absolute Gasteiger partial charge is 0.466 e. The van der Waals surface area contributed by atoms with Crippen molar-refractivity contribution in [2.24, 2.45) is 0 Å². The Morgan fingerprint density at radius 2 is 1.72 bits per heavy atom. The third kappa shape index (κ3) is 2.41. The second kappa shape index (κ2) is 4.86. The highest BCUT2D eigenvalue weighted by atomic mass is 35.5. The fraction of sp³-hybridized carbons (Fsp3) is 0.214. The van der Waals surface area contributed by atoms with E-state index in [-0.39, 0.29) is 5.91 Å². The van der Waals surface area contributed by atoms with E-state index in [2.05, 4.69) is 5.32 Å². The van der Waals surface area contributed by atoms with Crippen LogP contribution in [0.3, 0.4) is 0 Å². The number of carbonyl (C=O) groups excluding carboxylic acids is 1. The molecule has 0 aliphatic rings. The first kappa shape index (κ1) is 12.7. The van der Waals surface area contributed by atoms with Crippen molar-refractivity contribution < 1.29 is 9.21 Å². The van der Waals surface area contributed by atoms with Crippen molar-refractivity contribution in [2.75, 3.05) is 5.32 Å². The molecule has 0 aliphatic carbocycles. The van der Waals surface area contributed by atoms with Gasteiger partial charge in [-0.2, -0.15) is 0 Å². The Morgan fingerprint density at radius 1 is 1.11 bits per heavy atom. The predicted octanol–water partition coefficient (Wildman–Crippen LogP) is 4.11. The summed E-state index contributed by atoms with van der Waals surface area (Å²) in [4.78, 5) is 12.1. The number of aryl methyl sites for hydroxylation is 2. The van der Waals surface area contributed by atoms with Crippen molar-refractivity contribution in [1.29, 1.82) is 0 Å². The Labute approximate surface area is 111 Å². The molecule has 2 aromatic rings. The highest BCUT2D eigenvalue weighted by Gasteiger charge is 2.18. The van der Waals surface area contributed by atoms with E-state index < -0.39 is 0 Å². The summed E-state index contributed by atoms with van der Waals surface area (Å²) in [6, 6.07) is 6.99. The molecule has 2 rings (SSSR count). The molecule has 1 heterocycles. The fourth-order valence-electron chi connectivity index (χ4n) is 1.85. The average Bonchev–Trinajstić information content (AvgIpc) is 2.56. The maximum atomic E-state index is 12.1. The van der Waals surface area contributed by atoms with Gasteiger partial charge in [-0.05, 0) is 45.0 Å². The molecule has 94 valence electrons. The van der Waals surface area contributed by atoms with Gasteiger partial charge in [-0.15, -0.1) is 0 Å². The van der Waals surface area contributed by atoms with E-state index in [0.717, 1.165) is 11.3 Å². The smallest absolute Gasteiger partial charge is 0.259 e. The summed E-state index contributed by atoms with van der Waals surface area (Å²) in [7, 11) is 0. The number of hydrogen-bond donors (Lipinski definition) is 1. The average molecular weight is 264 g/mol. The fourth-order valence-corrected chi connectivity index (χ4v) is 1.98. The molecular formula is C14H14ClNO2. The molecule has 1 N–H and O–H groups in total. The Hall–Kier alpha value is -1.74. The van der Waals surface area contributed by atoms with Crippen molar-refractivity contribution in [1.82, 2.24) is 0 Å². The van der Waals surface area contributed by atoms with Crippen molar-refractivity contribution in [3.63, 3.8) is 0 Å². The van der Waals surface area contributed by atoms with Crippen LogP contribution in [0.5, 0.6) is 0 Å². The third-order valence-corrected chi connectivity index (χ3v) is 3.14. The van der Waals surface area contributed by atoms with Gasteiger partial charge in [0.25, 0.3) is 5.91 Å². The number of rotatable bonds is 2. The van der Waals surface area contributed by atoms with Crippen LogP contribution >= 0.6 is 11.6 Å². The minimum atomic E-state index is -0.163.